The molecule has 0 aromatic carbocycles. The Morgan fingerprint density at radius 2 is 1.88 bits per heavy atom. The van der Waals surface area contributed by atoms with Crippen LogP contribution in [0.25, 0.3) is 0 Å². The fourth-order valence-corrected chi connectivity index (χ4v) is 1.77. The van der Waals surface area contributed by atoms with Crippen molar-refractivity contribution in [3.63, 3.8) is 0 Å². The highest BCUT2D eigenvalue weighted by molar-refractivity contribution is 5.19. The summed E-state index contributed by atoms with van der Waals surface area (Å²) < 4.78 is 52.2. The van der Waals surface area contributed by atoms with Gasteiger partial charge >= 0.3 is 6.18 Å². The van der Waals surface area contributed by atoms with Crippen molar-refractivity contribution in [2.24, 2.45) is 0 Å². The Morgan fingerprint density at radius 3 is 2.24 bits per heavy atom. The molecule has 96 valence electrons. The second kappa shape index (κ2) is 5.00. The molecular formula is C11H14F4N2. The molecule has 0 radical (unpaired) electrons. The summed E-state index contributed by atoms with van der Waals surface area (Å²) in [6, 6.07) is 2.05. The van der Waals surface area contributed by atoms with Crippen LogP contribution in [0.4, 0.5) is 17.6 Å². The van der Waals surface area contributed by atoms with E-state index in [4.69, 9.17) is 0 Å². The molecule has 0 aliphatic carbocycles. The second-order valence-corrected chi connectivity index (χ2v) is 3.65. The van der Waals surface area contributed by atoms with Crippen LogP contribution in [-0.4, -0.2) is 17.7 Å². The first-order valence-electron chi connectivity index (χ1n) is 5.31. The van der Waals surface area contributed by atoms with Crippen LogP contribution < -0.4 is 5.32 Å². The minimum atomic E-state index is -4.48. The van der Waals surface area contributed by atoms with Gasteiger partial charge in [0, 0.05) is 0 Å². The third-order valence-corrected chi connectivity index (χ3v) is 2.66. The molecule has 1 aromatic rings. The quantitative estimate of drug-likeness (QED) is 0.831. The van der Waals surface area contributed by atoms with Crippen LogP contribution in [-0.2, 0) is 5.54 Å². The Kier molecular flexibility index (Phi) is 4.08. The third kappa shape index (κ3) is 2.57. The SMILES string of the molecule is CCNC(CC)(c1ccc(F)cn1)C(F)(F)F. The molecule has 0 aliphatic rings. The predicted molar refractivity (Wildman–Crippen MR) is 55.9 cm³/mol. The number of nitrogens with one attached hydrogen (secondary N) is 1. The lowest BCUT2D eigenvalue weighted by Gasteiger charge is -2.35. The summed E-state index contributed by atoms with van der Waals surface area (Å²) >= 11 is 0. The zero-order chi connectivity index (χ0) is 13.1. The zero-order valence-corrected chi connectivity index (χ0v) is 9.61. The molecule has 0 saturated carbocycles. The van der Waals surface area contributed by atoms with Crippen molar-refractivity contribution in [1.82, 2.24) is 10.3 Å². The number of rotatable bonds is 4. The first kappa shape index (κ1) is 13.9. The lowest BCUT2D eigenvalue weighted by molar-refractivity contribution is -0.203. The van der Waals surface area contributed by atoms with Crippen LogP contribution in [0.2, 0.25) is 0 Å². The van der Waals surface area contributed by atoms with E-state index in [1.807, 2.05) is 0 Å². The smallest absolute Gasteiger partial charge is 0.299 e. The lowest BCUT2D eigenvalue weighted by Crippen LogP contribution is -2.54. The molecule has 1 rings (SSSR count). The molecule has 0 spiro atoms. The summed E-state index contributed by atoms with van der Waals surface area (Å²) in [5.41, 5.74) is -2.43. The van der Waals surface area contributed by atoms with Gasteiger partial charge in [0.1, 0.15) is 5.82 Å². The Hall–Kier alpha value is -1.17. The van der Waals surface area contributed by atoms with E-state index in [1.165, 1.54) is 6.92 Å². The highest BCUT2D eigenvalue weighted by Gasteiger charge is 2.55. The minimum Gasteiger partial charge on any atom is -0.299 e. The molecule has 1 heterocycles. The highest BCUT2D eigenvalue weighted by Crippen LogP contribution is 2.40. The first-order valence-corrected chi connectivity index (χ1v) is 5.31. The molecule has 1 aromatic heterocycles. The van der Waals surface area contributed by atoms with E-state index in [0.29, 0.717) is 0 Å². The van der Waals surface area contributed by atoms with Crippen molar-refractivity contribution in [1.29, 1.82) is 0 Å². The summed E-state index contributed by atoms with van der Waals surface area (Å²) in [4.78, 5) is 3.55. The first-order chi connectivity index (χ1) is 7.87. The van der Waals surface area contributed by atoms with Gasteiger partial charge in [-0.25, -0.2) is 4.39 Å². The zero-order valence-electron chi connectivity index (χ0n) is 9.61. The molecule has 1 N–H and O–H groups in total. The number of nitrogens with zero attached hydrogens (tertiary/aromatic N) is 1. The number of halogens is 4. The molecule has 17 heavy (non-hydrogen) atoms. The summed E-state index contributed by atoms with van der Waals surface area (Å²) in [5, 5.41) is 2.41. The number of hydrogen-bond acceptors (Lipinski definition) is 2. The van der Waals surface area contributed by atoms with Gasteiger partial charge in [0.2, 0.25) is 0 Å². The lowest BCUT2D eigenvalue weighted by atomic mass is 9.90. The van der Waals surface area contributed by atoms with Crippen LogP contribution in [0.1, 0.15) is 26.0 Å². The van der Waals surface area contributed by atoms with Crippen molar-refractivity contribution in [2.75, 3.05) is 6.54 Å². The maximum atomic E-state index is 13.2. The Balaban J connectivity index is 3.26. The van der Waals surface area contributed by atoms with Crippen LogP contribution >= 0.6 is 0 Å². The highest BCUT2D eigenvalue weighted by atomic mass is 19.4. The largest absolute Gasteiger partial charge is 0.412 e. The van der Waals surface area contributed by atoms with Gasteiger partial charge in [-0.15, -0.1) is 0 Å². The molecule has 1 atom stereocenters. The fourth-order valence-electron chi connectivity index (χ4n) is 1.77. The molecule has 0 amide bonds. The summed E-state index contributed by atoms with van der Waals surface area (Å²) in [6.07, 6.45) is -3.89. The van der Waals surface area contributed by atoms with Gasteiger partial charge in [0.15, 0.2) is 5.54 Å². The van der Waals surface area contributed by atoms with Crippen LogP contribution in [0, 0.1) is 5.82 Å². The van der Waals surface area contributed by atoms with Crippen molar-refractivity contribution >= 4 is 0 Å². The third-order valence-electron chi connectivity index (χ3n) is 2.66. The van der Waals surface area contributed by atoms with Crippen molar-refractivity contribution in [3.05, 3.63) is 29.8 Å². The molecule has 1 unspecified atom stereocenters. The van der Waals surface area contributed by atoms with Gasteiger partial charge in [0.25, 0.3) is 0 Å². The van der Waals surface area contributed by atoms with Gasteiger partial charge < -0.3 is 0 Å². The Morgan fingerprint density at radius 1 is 1.24 bits per heavy atom. The molecular weight excluding hydrogens is 236 g/mol. The van der Waals surface area contributed by atoms with Gasteiger partial charge in [0.05, 0.1) is 11.9 Å². The Labute approximate surface area is 97.1 Å². The predicted octanol–water partition coefficient (Wildman–Crippen LogP) is 3.00. The Bertz CT molecular complexity index is 361. The van der Waals surface area contributed by atoms with Crippen molar-refractivity contribution in [3.8, 4) is 0 Å². The standard InChI is InChI=1S/C11H14F4N2/c1-3-10(17-4-2,11(13,14)15)9-6-5-8(12)7-16-9/h5-7,17H,3-4H2,1-2H3. The van der Waals surface area contributed by atoms with E-state index in [9.17, 15) is 17.6 Å². The number of hydrogen-bond donors (Lipinski definition) is 1. The van der Waals surface area contributed by atoms with Gasteiger partial charge in [-0.05, 0) is 25.1 Å². The van der Waals surface area contributed by atoms with E-state index >= 15 is 0 Å². The molecule has 6 heteroatoms. The van der Waals surface area contributed by atoms with Crippen molar-refractivity contribution < 1.29 is 17.6 Å². The van der Waals surface area contributed by atoms with Crippen molar-refractivity contribution in [2.45, 2.75) is 32.0 Å². The van der Waals surface area contributed by atoms with E-state index in [0.717, 1.165) is 18.3 Å². The monoisotopic (exact) mass is 250 g/mol. The summed E-state index contributed by atoms with van der Waals surface area (Å²) in [6.45, 7) is 3.15. The summed E-state index contributed by atoms with van der Waals surface area (Å²) in [5.74, 6) is -0.655. The van der Waals surface area contributed by atoms with Gasteiger partial charge in [-0.3, -0.25) is 10.3 Å². The van der Waals surface area contributed by atoms with Crippen LogP contribution in [0.15, 0.2) is 18.3 Å². The van der Waals surface area contributed by atoms with E-state index in [2.05, 4.69) is 10.3 Å². The van der Waals surface area contributed by atoms with Gasteiger partial charge in [-0.1, -0.05) is 13.8 Å². The fraction of sp³-hybridized carbons (Fsp3) is 0.545. The van der Waals surface area contributed by atoms with Crippen LogP contribution in [0.5, 0.6) is 0 Å². The molecule has 2 nitrogen and oxygen atoms in total. The number of pyridine rings is 1. The van der Waals surface area contributed by atoms with E-state index < -0.39 is 17.5 Å². The average Bonchev–Trinajstić information content (AvgIpc) is 2.25. The topological polar surface area (TPSA) is 24.9 Å². The van der Waals surface area contributed by atoms with E-state index in [-0.39, 0.29) is 18.7 Å². The minimum absolute atomic E-state index is 0.145. The van der Waals surface area contributed by atoms with E-state index in [1.54, 1.807) is 6.92 Å². The molecule has 0 saturated heterocycles. The number of alkyl halides is 3. The molecule has 0 fully saturated rings. The maximum Gasteiger partial charge on any atom is 0.412 e. The normalized spacial score (nSPS) is 15.6. The molecule has 0 aliphatic heterocycles. The molecule has 0 bridgehead atoms. The summed E-state index contributed by atoms with van der Waals surface area (Å²) in [7, 11) is 0. The average molecular weight is 250 g/mol. The van der Waals surface area contributed by atoms with Crippen LogP contribution in [0.3, 0.4) is 0 Å². The second-order valence-electron chi connectivity index (χ2n) is 3.65. The van der Waals surface area contributed by atoms with Gasteiger partial charge in [-0.2, -0.15) is 13.2 Å². The number of aromatic nitrogens is 1. The maximum absolute atomic E-state index is 13.2.